The number of likely N-dealkylation sites (tertiary alicyclic amines) is 2. The summed E-state index contributed by atoms with van der Waals surface area (Å²) >= 11 is 0. The minimum absolute atomic E-state index is 0.0278. The average Bonchev–Trinajstić information content (AvgIpc) is 3.12. The molecule has 1 amide bonds. The second-order valence-corrected chi connectivity index (χ2v) is 7.86. The fraction of sp³-hybridized carbons (Fsp3) is 0.619. The lowest BCUT2D eigenvalue weighted by Gasteiger charge is -2.31. The molecule has 154 valence electrons. The van der Waals surface area contributed by atoms with Crippen molar-refractivity contribution in [1.82, 2.24) is 15.1 Å². The summed E-state index contributed by atoms with van der Waals surface area (Å²) in [6.07, 6.45) is 2.45. The Bertz CT molecular complexity index is 693. The molecule has 1 aromatic carbocycles. The van der Waals surface area contributed by atoms with Gasteiger partial charge in [-0.25, -0.2) is 4.99 Å². The summed E-state index contributed by atoms with van der Waals surface area (Å²) in [6.45, 7) is 7.53. The molecule has 1 unspecified atom stereocenters. The van der Waals surface area contributed by atoms with Crippen LogP contribution in [-0.4, -0.2) is 65.6 Å². The van der Waals surface area contributed by atoms with Crippen LogP contribution in [-0.2, 0) is 17.9 Å². The Labute approximate surface area is 167 Å². The molecule has 0 saturated carbocycles. The molecule has 1 aromatic rings. The minimum Gasteiger partial charge on any atom is -0.391 e. The standard InChI is InChI=1S/C21H33N5O2/c1-2-23-21(26-10-8-19(27)15-26)24-12-16-5-3-6-17(11-16)13-25-9-4-7-18(14-25)20(22)28/h3,5-6,11,18-19,27H,2,4,7-10,12-15H2,1H3,(H2,22,28)(H,23,24)/t18?,19-/m1/s1. The number of aliphatic imine (C=N–C) groups is 1. The first-order chi connectivity index (χ1) is 13.5. The van der Waals surface area contributed by atoms with E-state index in [2.05, 4.69) is 46.3 Å². The number of nitrogens with two attached hydrogens (primary N) is 1. The first-order valence-electron chi connectivity index (χ1n) is 10.4. The van der Waals surface area contributed by atoms with Crippen molar-refractivity contribution in [3.63, 3.8) is 0 Å². The van der Waals surface area contributed by atoms with Crippen LogP contribution in [0.25, 0.3) is 0 Å². The second kappa shape index (κ2) is 9.89. The first-order valence-corrected chi connectivity index (χ1v) is 10.4. The molecule has 7 heteroatoms. The number of primary amides is 1. The maximum atomic E-state index is 11.5. The van der Waals surface area contributed by atoms with Crippen LogP contribution in [0.3, 0.4) is 0 Å². The highest BCUT2D eigenvalue weighted by molar-refractivity contribution is 5.80. The molecule has 7 nitrogen and oxygen atoms in total. The fourth-order valence-corrected chi connectivity index (χ4v) is 4.04. The molecule has 0 aliphatic carbocycles. The van der Waals surface area contributed by atoms with E-state index >= 15 is 0 Å². The van der Waals surface area contributed by atoms with Gasteiger partial charge in [0.1, 0.15) is 0 Å². The number of carbonyl (C=O) groups is 1. The number of guanidine groups is 1. The number of β-amino-alcohol motifs (C(OH)–C–C–N with tert-alkyl or cyclic N) is 1. The summed E-state index contributed by atoms with van der Waals surface area (Å²) < 4.78 is 0. The summed E-state index contributed by atoms with van der Waals surface area (Å²) in [5.74, 6) is 0.653. The molecule has 3 rings (SSSR count). The van der Waals surface area contributed by atoms with Crippen LogP contribution in [0.4, 0.5) is 0 Å². The molecule has 2 aliphatic rings. The van der Waals surface area contributed by atoms with Crippen LogP contribution in [0, 0.1) is 5.92 Å². The van der Waals surface area contributed by atoms with Gasteiger partial charge in [0.25, 0.3) is 0 Å². The highest BCUT2D eigenvalue weighted by atomic mass is 16.3. The Morgan fingerprint density at radius 3 is 2.82 bits per heavy atom. The SMILES string of the molecule is CCNC(=NCc1cccc(CN2CCCC(C(N)=O)C2)c1)N1CC[C@@H](O)C1. The van der Waals surface area contributed by atoms with Gasteiger partial charge in [-0.1, -0.05) is 24.3 Å². The van der Waals surface area contributed by atoms with E-state index in [4.69, 9.17) is 10.7 Å². The van der Waals surface area contributed by atoms with Gasteiger partial charge in [0, 0.05) is 32.7 Å². The number of amides is 1. The zero-order valence-electron chi connectivity index (χ0n) is 16.8. The van der Waals surface area contributed by atoms with Gasteiger partial charge in [-0.2, -0.15) is 0 Å². The van der Waals surface area contributed by atoms with Crippen molar-refractivity contribution in [2.75, 3.05) is 32.7 Å². The number of benzene rings is 1. The first kappa shape index (κ1) is 20.6. The summed E-state index contributed by atoms with van der Waals surface area (Å²) in [5.41, 5.74) is 7.89. The van der Waals surface area contributed by atoms with E-state index in [1.54, 1.807) is 0 Å². The molecule has 2 fully saturated rings. The number of aliphatic hydroxyl groups excluding tert-OH is 1. The van der Waals surface area contributed by atoms with Crippen molar-refractivity contribution >= 4 is 11.9 Å². The van der Waals surface area contributed by atoms with Crippen molar-refractivity contribution in [3.05, 3.63) is 35.4 Å². The van der Waals surface area contributed by atoms with E-state index in [1.807, 2.05) is 0 Å². The average molecular weight is 388 g/mol. The number of nitrogens with zero attached hydrogens (tertiary/aromatic N) is 3. The Morgan fingerprint density at radius 2 is 2.11 bits per heavy atom. The third kappa shape index (κ3) is 5.69. The fourth-order valence-electron chi connectivity index (χ4n) is 4.04. The molecule has 2 aliphatic heterocycles. The van der Waals surface area contributed by atoms with Gasteiger partial charge in [0.15, 0.2) is 5.96 Å². The number of nitrogens with one attached hydrogen (secondary N) is 1. The van der Waals surface area contributed by atoms with Gasteiger partial charge in [0.2, 0.25) is 5.91 Å². The third-order valence-electron chi connectivity index (χ3n) is 5.51. The lowest BCUT2D eigenvalue weighted by molar-refractivity contribution is -0.123. The third-order valence-corrected chi connectivity index (χ3v) is 5.51. The Balaban J connectivity index is 1.61. The lowest BCUT2D eigenvalue weighted by atomic mass is 9.97. The van der Waals surface area contributed by atoms with Crippen LogP contribution in [0.1, 0.15) is 37.3 Å². The van der Waals surface area contributed by atoms with Gasteiger partial charge >= 0.3 is 0 Å². The van der Waals surface area contributed by atoms with Crippen molar-refractivity contribution in [2.24, 2.45) is 16.6 Å². The Hall–Kier alpha value is -2.12. The molecule has 2 saturated heterocycles. The Kier molecular flexibility index (Phi) is 7.28. The van der Waals surface area contributed by atoms with E-state index in [9.17, 15) is 9.90 Å². The van der Waals surface area contributed by atoms with Crippen LogP contribution in [0.5, 0.6) is 0 Å². The topological polar surface area (TPSA) is 94.2 Å². The quantitative estimate of drug-likeness (QED) is 0.498. The molecule has 2 heterocycles. The predicted octanol–water partition coefficient (Wildman–Crippen LogP) is 0.916. The lowest BCUT2D eigenvalue weighted by Crippen LogP contribution is -2.40. The van der Waals surface area contributed by atoms with Crippen molar-refractivity contribution in [2.45, 2.75) is 45.4 Å². The second-order valence-electron chi connectivity index (χ2n) is 7.86. The number of aliphatic hydroxyl groups is 1. The Morgan fingerprint density at radius 1 is 1.29 bits per heavy atom. The normalized spacial score (nSPS) is 23.8. The molecule has 0 bridgehead atoms. The maximum absolute atomic E-state index is 11.5. The van der Waals surface area contributed by atoms with Crippen molar-refractivity contribution < 1.29 is 9.90 Å². The van der Waals surface area contributed by atoms with Gasteiger partial charge in [0.05, 0.1) is 18.6 Å². The number of hydrogen-bond acceptors (Lipinski definition) is 4. The van der Waals surface area contributed by atoms with Crippen LogP contribution < -0.4 is 11.1 Å². The largest absolute Gasteiger partial charge is 0.391 e. The van der Waals surface area contributed by atoms with Gasteiger partial charge in [-0.3, -0.25) is 9.69 Å². The zero-order chi connectivity index (χ0) is 19.9. The summed E-state index contributed by atoms with van der Waals surface area (Å²) in [6, 6.07) is 8.49. The van der Waals surface area contributed by atoms with E-state index < -0.39 is 0 Å². The molecular formula is C21H33N5O2. The predicted molar refractivity (Wildman–Crippen MR) is 111 cm³/mol. The van der Waals surface area contributed by atoms with Crippen LogP contribution in [0.2, 0.25) is 0 Å². The van der Waals surface area contributed by atoms with E-state index in [0.29, 0.717) is 13.1 Å². The smallest absolute Gasteiger partial charge is 0.221 e. The van der Waals surface area contributed by atoms with Crippen molar-refractivity contribution in [3.8, 4) is 0 Å². The van der Waals surface area contributed by atoms with Gasteiger partial charge in [-0.05, 0) is 43.9 Å². The summed E-state index contributed by atoms with van der Waals surface area (Å²) in [7, 11) is 0. The number of piperidine rings is 1. The minimum atomic E-state index is -0.263. The summed E-state index contributed by atoms with van der Waals surface area (Å²) in [4.78, 5) is 20.7. The molecular weight excluding hydrogens is 354 g/mol. The maximum Gasteiger partial charge on any atom is 0.221 e. The highest BCUT2D eigenvalue weighted by Gasteiger charge is 2.24. The number of carbonyl (C=O) groups excluding carboxylic acids is 1. The monoisotopic (exact) mass is 387 g/mol. The molecule has 28 heavy (non-hydrogen) atoms. The van der Waals surface area contributed by atoms with E-state index in [1.165, 1.54) is 5.56 Å². The molecule has 0 radical (unpaired) electrons. The molecule has 0 aromatic heterocycles. The molecule has 2 atom stereocenters. The number of rotatable bonds is 6. The number of hydrogen-bond donors (Lipinski definition) is 3. The zero-order valence-corrected chi connectivity index (χ0v) is 16.8. The van der Waals surface area contributed by atoms with E-state index in [0.717, 1.165) is 63.5 Å². The van der Waals surface area contributed by atoms with E-state index in [-0.39, 0.29) is 17.9 Å². The van der Waals surface area contributed by atoms with Gasteiger partial charge < -0.3 is 21.1 Å². The van der Waals surface area contributed by atoms with Gasteiger partial charge in [-0.15, -0.1) is 0 Å². The highest BCUT2D eigenvalue weighted by Crippen LogP contribution is 2.19. The van der Waals surface area contributed by atoms with Crippen LogP contribution in [0.15, 0.2) is 29.3 Å². The summed E-state index contributed by atoms with van der Waals surface area (Å²) in [5, 5.41) is 13.1. The molecule has 0 spiro atoms. The van der Waals surface area contributed by atoms with Crippen LogP contribution >= 0.6 is 0 Å². The van der Waals surface area contributed by atoms with Crippen molar-refractivity contribution in [1.29, 1.82) is 0 Å². The molecule has 4 N–H and O–H groups in total.